The van der Waals surface area contributed by atoms with Crippen LogP contribution in [0.5, 0.6) is 0 Å². The molecule has 4 aromatic rings. The normalized spacial score (nSPS) is 11.4. The van der Waals surface area contributed by atoms with Crippen LogP contribution in [-0.4, -0.2) is 25.4 Å². The molecule has 6 nitrogen and oxygen atoms in total. The Labute approximate surface area is 197 Å². The molecule has 0 bridgehead atoms. The Morgan fingerprint density at radius 3 is 2.44 bits per heavy atom. The van der Waals surface area contributed by atoms with Crippen LogP contribution in [0.3, 0.4) is 0 Å². The number of hydrogen-bond donors (Lipinski definition) is 2. The van der Waals surface area contributed by atoms with Crippen molar-refractivity contribution in [3.05, 3.63) is 114 Å². The number of sulfonamides is 1. The van der Waals surface area contributed by atoms with E-state index in [1.165, 1.54) is 12.1 Å². The first-order chi connectivity index (χ1) is 16.4. The Kier molecular flexibility index (Phi) is 6.90. The van der Waals surface area contributed by atoms with Crippen molar-refractivity contribution in [2.75, 3.05) is 11.9 Å². The maximum absolute atomic E-state index is 14.3. The number of hydrogen-bond acceptors (Lipinski definition) is 3. The highest BCUT2D eigenvalue weighted by Crippen LogP contribution is 2.23. The number of fused-ring (bicyclic) bond motifs is 1. The van der Waals surface area contributed by atoms with Crippen molar-refractivity contribution in [1.29, 1.82) is 0 Å². The number of carbonyl (C=O) groups excluding carboxylic acids is 1. The summed E-state index contributed by atoms with van der Waals surface area (Å²) < 4.78 is 42.6. The smallest absolute Gasteiger partial charge is 0.272 e. The number of carbonyl (C=O) groups is 1. The van der Waals surface area contributed by atoms with Crippen molar-refractivity contribution in [2.45, 2.75) is 12.3 Å². The van der Waals surface area contributed by atoms with E-state index in [0.29, 0.717) is 22.5 Å². The molecule has 1 aromatic heterocycles. The molecular formula is C26H24FN3O3S. The Morgan fingerprint density at radius 2 is 1.71 bits per heavy atom. The minimum Gasteiger partial charge on any atom is -0.332 e. The molecule has 0 spiro atoms. The average Bonchev–Trinajstić information content (AvgIpc) is 3.19. The molecule has 0 aliphatic rings. The minimum absolute atomic E-state index is 0.164. The summed E-state index contributed by atoms with van der Waals surface area (Å²) in [5, 5.41) is 3.72. The second-order valence-corrected chi connectivity index (χ2v) is 9.62. The number of halogens is 1. The summed E-state index contributed by atoms with van der Waals surface area (Å²) in [5.74, 6) is -0.855. The molecule has 174 valence electrons. The largest absolute Gasteiger partial charge is 0.332 e. The van der Waals surface area contributed by atoms with Crippen LogP contribution in [0.15, 0.2) is 91.5 Å². The number of nitrogens with zero attached hydrogens (tertiary/aromatic N) is 1. The van der Waals surface area contributed by atoms with E-state index < -0.39 is 10.0 Å². The van der Waals surface area contributed by atoms with Crippen LogP contribution in [-0.2, 0) is 22.3 Å². The summed E-state index contributed by atoms with van der Waals surface area (Å²) in [6, 6.07) is 22.4. The topological polar surface area (TPSA) is 80.2 Å². The zero-order valence-corrected chi connectivity index (χ0v) is 19.2. The summed E-state index contributed by atoms with van der Waals surface area (Å²) in [7, 11) is -3.47. The minimum atomic E-state index is -3.47. The molecular weight excluding hydrogens is 453 g/mol. The summed E-state index contributed by atoms with van der Waals surface area (Å²) in [4.78, 5) is 13.2. The lowest BCUT2D eigenvalue weighted by molar-refractivity contribution is 0.101. The molecule has 0 saturated heterocycles. The van der Waals surface area contributed by atoms with Crippen LogP contribution in [0.4, 0.5) is 10.1 Å². The van der Waals surface area contributed by atoms with Crippen LogP contribution < -0.4 is 10.0 Å². The monoisotopic (exact) mass is 477 g/mol. The van der Waals surface area contributed by atoms with Crippen molar-refractivity contribution >= 4 is 32.5 Å². The van der Waals surface area contributed by atoms with E-state index in [9.17, 15) is 17.6 Å². The van der Waals surface area contributed by atoms with Gasteiger partial charge < -0.3 is 9.88 Å². The molecule has 34 heavy (non-hydrogen) atoms. The molecule has 0 aliphatic carbocycles. The zero-order chi connectivity index (χ0) is 24.1. The van der Waals surface area contributed by atoms with Gasteiger partial charge in [0.2, 0.25) is 10.0 Å². The Morgan fingerprint density at radius 1 is 1.00 bits per heavy atom. The van der Waals surface area contributed by atoms with Crippen LogP contribution in [0.1, 0.15) is 21.6 Å². The Hall–Kier alpha value is -3.75. The van der Waals surface area contributed by atoms with E-state index >= 15 is 0 Å². The van der Waals surface area contributed by atoms with Gasteiger partial charge >= 0.3 is 0 Å². The molecule has 2 N–H and O–H groups in total. The molecule has 0 unspecified atom stereocenters. The molecule has 3 aromatic carbocycles. The van der Waals surface area contributed by atoms with E-state index in [1.807, 2.05) is 24.3 Å². The molecule has 0 aliphatic heterocycles. The van der Waals surface area contributed by atoms with Crippen molar-refractivity contribution in [1.82, 2.24) is 9.29 Å². The highest BCUT2D eigenvalue weighted by molar-refractivity contribution is 7.88. The van der Waals surface area contributed by atoms with Gasteiger partial charge in [0.25, 0.3) is 5.91 Å². The third-order valence-corrected chi connectivity index (χ3v) is 6.67. The molecule has 8 heteroatoms. The number of benzene rings is 3. The van der Waals surface area contributed by atoms with Crippen molar-refractivity contribution in [3.63, 3.8) is 0 Å². The molecule has 0 fully saturated rings. The predicted molar refractivity (Wildman–Crippen MR) is 133 cm³/mol. The third-order valence-electron chi connectivity index (χ3n) is 5.35. The van der Waals surface area contributed by atoms with Gasteiger partial charge in [0.05, 0.1) is 12.3 Å². The summed E-state index contributed by atoms with van der Waals surface area (Å²) in [6.07, 6.45) is 1.47. The highest BCUT2D eigenvalue weighted by atomic mass is 32.2. The molecule has 4 rings (SSSR count). The fraction of sp³-hybridized carbons (Fsp3) is 0.115. The SMILES string of the molecule is C=CCNS(=O)(=O)Cc1ccc(NC(=O)c2cc3ccccc3n2Cc2ccccc2F)cc1. The van der Waals surface area contributed by atoms with E-state index in [1.54, 1.807) is 53.1 Å². The van der Waals surface area contributed by atoms with Gasteiger partial charge in [-0.15, -0.1) is 6.58 Å². The molecule has 1 amide bonds. The molecule has 0 atom stereocenters. The number of aromatic nitrogens is 1. The second-order valence-electron chi connectivity index (χ2n) is 7.81. The molecule has 0 radical (unpaired) electrons. The van der Waals surface area contributed by atoms with Gasteiger partial charge in [-0.3, -0.25) is 4.79 Å². The van der Waals surface area contributed by atoms with Crippen molar-refractivity contribution < 1.29 is 17.6 Å². The summed E-state index contributed by atoms with van der Waals surface area (Å²) in [6.45, 7) is 3.86. The summed E-state index contributed by atoms with van der Waals surface area (Å²) in [5.41, 5.74) is 2.80. The predicted octanol–water partition coefficient (Wildman–Crippen LogP) is 4.69. The maximum Gasteiger partial charge on any atom is 0.272 e. The van der Waals surface area contributed by atoms with E-state index in [2.05, 4.69) is 16.6 Å². The maximum atomic E-state index is 14.3. The lowest BCUT2D eigenvalue weighted by atomic mass is 10.2. The van der Waals surface area contributed by atoms with Crippen LogP contribution in [0, 0.1) is 5.82 Å². The van der Waals surface area contributed by atoms with Crippen LogP contribution >= 0.6 is 0 Å². The average molecular weight is 478 g/mol. The number of anilines is 1. The first kappa shape index (κ1) is 23.4. The van der Waals surface area contributed by atoms with E-state index in [0.717, 1.165) is 10.9 Å². The first-order valence-electron chi connectivity index (χ1n) is 10.7. The highest BCUT2D eigenvalue weighted by Gasteiger charge is 2.17. The summed E-state index contributed by atoms with van der Waals surface area (Å²) >= 11 is 0. The number of nitrogens with one attached hydrogen (secondary N) is 2. The third kappa shape index (κ3) is 5.41. The van der Waals surface area contributed by atoms with Gasteiger partial charge in [-0.1, -0.05) is 54.6 Å². The van der Waals surface area contributed by atoms with E-state index in [4.69, 9.17) is 0 Å². The Balaban J connectivity index is 1.56. The fourth-order valence-electron chi connectivity index (χ4n) is 3.70. The number of rotatable bonds is 9. The lowest BCUT2D eigenvalue weighted by Crippen LogP contribution is -2.25. The molecule has 1 heterocycles. The van der Waals surface area contributed by atoms with Crippen LogP contribution in [0.25, 0.3) is 10.9 Å². The van der Waals surface area contributed by atoms with Gasteiger partial charge in [-0.2, -0.15) is 0 Å². The second kappa shape index (κ2) is 10.0. The number of para-hydroxylation sites is 1. The van der Waals surface area contributed by atoms with Gasteiger partial charge in [0, 0.05) is 28.7 Å². The Bertz CT molecular complexity index is 1440. The fourth-order valence-corrected chi connectivity index (χ4v) is 4.81. The zero-order valence-electron chi connectivity index (χ0n) is 18.4. The van der Waals surface area contributed by atoms with Crippen molar-refractivity contribution in [2.24, 2.45) is 0 Å². The first-order valence-corrected chi connectivity index (χ1v) is 12.3. The van der Waals surface area contributed by atoms with Gasteiger partial charge in [0.15, 0.2) is 0 Å². The van der Waals surface area contributed by atoms with E-state index in [-0.39, 0.29) is 30.6 Å². The standard InChI is InChI=1S/C26H24FN3O3S/c1-2-15-28-34(32,33)18-19-11-13-22(14-12-19)29-26(31)25-16-20-7-4-6-10-24(20)30(25)17-21-8-3-5-9-23(21)27/h2-14,16,28H,1,15,17-18H2,(H,29,31). The lowest BCUT2D eigenvalue weighted by Gasteiger charge is -2.12. The number of amides is 1. The van der Waals surface area contributed by atoms with Gasteiger partial charge in [0.1, 0.15) is 11.5 Å². The van der Waals surface area contributed by atoms with Crippen molar-refractivity contribution in [3.8, 4) is 0 Å². The molecule has 0 saturated carbocycles. The van der Waals surface area contributed by atoms with Gasteiger partial charge in [-0.05, 0) is 35.9 Å². The van der Waals surface area contributed by atoms with Crippen LogP contribution in [0.2, 0.25) is 0 Å². The van der Waals surface area contributed by atoms with Gasteiger partial charge in [-0.25, -0.2) is 17.5 Å². The quantitative estimate of drug-likeness (QED) is 0.343.